The molecule has 0 aliphatic heterocycles. The number of allylic oxidation sites excluding steroid dienone is 1. The number of pyridine rings is 1. The van der Waals surface area contributed by atoms with Crippen molar-refractivity contribution in [3.05, 3.63) is 77.2 Å². The van der Waals surface area contributed by atoms with Crippen molar-refractivity contribution >= 4 is 39.9 Å². The molecule has 0 saturated heterocycles. The Labute approximate surface area is 185 Å². The maximum Gasteiger partial charge on any atom is 0.336 e. The summed E-state index contributed by atoms with van der Waals surface area (Å²) in [6.45, 7) is 0. The highest BCUT2D eigenvalue weighted by Gasteiger charge is 2.25. The van der Waals surface area contributed by atoms with Crippen molar-refractivity contribution in [1.82, 2.24) is 14.8 Å². The van der Waals surface area contributed by atoms with Crippen LogP contribution in [0.3, 0.4) is 0 Å². The van der Waals surface area contributed by atoms with Gasteiger partial charge in [0.15, 0.2) is 0 Å². The van der Waals surface area contributed by atoms with E-state index >= 15 is 0 Å². The predicted octanol–water partition coefficient (Wildman–Crippen LogP) is 4.54. The number of rotatable bonds is 5. The van der Waals surface area contributed by atoms with Gasteiger partial charge in [0.25, 0.3) is 0 Å². The zero-order valence-corrected chi connectivity index (χ0v) is 18.0. The number of nitrogens with zero attached hydrogens (tertiary/aromatic N) is 4. The summed E-state index contributed by atoms with van der Waals surface area (Å²) >= 11 is 0. The van der Waals surface area contributed by atoms with Gasteiger partial charge in [0.05, 0.1) is 35.3 Å². The SMILES string of the molecule is COc1ccccc1N(C)c1ccc2c(C3=Cc4nccc(C(=O)O)c4C3)n(C)nc2c1. The van der Waals surface area contributed by atoms with Crippen LogP contribution in [0.1, 0.15) is 27.3 Å². The second-order valence-electron chi connectivity index (χ2n) is 7.78. The molecule has 160 valence electrons. The van der Waals surface area contributed by atoms with Crippen LogP contribution in [0, 0.1) is 0 Å². The van der Waals surface area contributed by atoms with E-state index in [0.29, 0.717) is 17.7 Å². The Bertz CT molecular complexity index is 1400. The highest BCUT2D eigenvalue weighted by Crippen LogP contribution is 2.38. The second kappa shape index (κ2) is 7.53. The van der Waals surface area contributed by atoms with Crippen LogP contribution in [0.15, 0.2) is 54.7 Å². The third-order valence-corrected chi connectivity index (χ3v) is 5.95. The van der Waals surface area contributed by atoms with E-state index in [9.17, 15) is 9.90 Å². The quantitative estimate of drug-likeness (QED) is 0.505. The lowest BCUT2D eigenvalue weighted by atomic mass is 10.0. The van der Waals surface area contributed by atoms with Gasteiger partial charge >= 0.3 is 5.97 Å². The van der Waals surface area contributed by atoms with Gasteiger partial charge in [-0.15, -0.1) is 0 Å². The number of aromatic carboxylic acids is 1. The van der Waals surface area contributed by atoms with Crippen LogP contribution in [-0.2, 0) is 13.5 Å². The maximum atomic E-state index is 11.6. The molecule has 7 heteroatoms. The lowest BCUT2D eigenvalue weighted by molar-refractivity contribution is 0.0695. The van der Waals surface area contributed by atoms with Gasteiger partial charge in [-0.2, -0.15) is 5.10 Å². The fourth-order valence-corrected chi connectivity index (χ4v) is 4.40. The van der Waals surface area contributed by atoms with Gasteiger partial charge in [-0.25, -0.2) is 4.79 Å². The molecule has 7 nitrogen and oxygen atoms in total. The summed E-state index contributed by atoms with van der Waals surface area (Å²) in [5.74, 6) is -0.135. The molecule has 2 aromatic heterocycles. The Morgan fingerprint density at radius 3 is 2.78 bits per heavy atom. The monoisotopic (exact) mass is 426 g/mol. The number of hydrogen-bond donors (Lipinski definition) is 1. The molecule has 5 rings (SSSR count). The van der Waals surface area contributed by atoms with Gasteiger partial charge in [-0.3, -0.25) is 9.67 Å². The molecule has 4 aromatic rings. The minimum absolute atomic E-state index is 0.299. The third-order valence-electron chi connectivity index (χ3n) is 5.95. The van der Waals surface area contributed by atoms with Crippen molar-refractivity contribution in [2.75, 3.05) is 19.1 Å². The average molecular weight is 426 g/mol. The number of aryl methyl sites for hydroxylation is 1. The van der Waals surface area contributed by atoms with Gasteiger partial charge in [-0.05, 0) is 53.6 Å². The smallest absolute Gasteiger partial charge is 0.336 e. The van der Waals surface area contributed by atoms with E-state index in [1.54, 1.807) is 19.4 Å². The van der Waals surface area contributed by atoms with Gasteiger partial charge < -0.3 is 14.7 Å². The molecule has 2 aromatic carbocycles. The molecular formula is C25H22N4O3. The first-order valence-electron chi connectivity index (χ1n) is 10.2. The summed E-state index contributed by atoms with van der Waals surface area (Å²) in [6.07, 6.45) is 4.03. The van der Waals surface area contributed by atoms with Crippen LogP contribution in [0.5, 0.6) is 5.75 Å². The Morgan fingerprint density at radius 2 is 2.00 bits per heavy atom. The van der Waals surface area contributed by atoms with Crippen molar-refractivity contribution in [3.8, 4) is 5.75 Å². The minimum atomic E-state index is -0.933. The molecule has 0 amide bonds. The van der Waals surface area contributed by atoms with Gasteiger partial charge in [0.1, 0.15) is 5.75 Å². The van der Waals surface area contributed by atoms with Crippen molar-refractivity contribution in [2.24, 2.45) is 7.05 Å². The standard InChI is InChI=1S/C25H22N4O3/c1-28(22-6-4-5-7-23(22)32-3)16-8-9-18-21(14-16)27-29(2)24(18)15-12-19-17(25(30)31)10-11-26-20(19)13-15/h4-11,13-14H,12H2,1-3H3,(H,30,31). The first-order valence-corrected chi connectivity index (χ1v) is 10.2. The van der Waals surface area contributed by atoms with Crippen LogP contribution in [0.2, 0.25) is 0 Å². The van der Waals surface area contributed by atoms with Crippen LogP contribution in [-0.4, -0.2) is 40.0 Å². The van der Waals surface area contributed by atoms with Crippen LogP contribution >= 0.6 is 0 Å². The van der Waals surface area contributed by atoms with E-state index in [4.69, 9.17) is 9.84 Å². The number of anilines is 2. The molecule has 1 aliphatic carbocycles. The number of benzene rings is 2. The Kier molecular flexibility index (Phi) is 4.66. The number of para-hydroxylation sites is 2. The summed E-state index contributed by atoms with van der Waals surface area (Å²) in [7, 11) is 5.57. The molecule has 32 heavy (non-hydrogen) atoms. The van der Waals surface area contributed by atoms with Gasteiger partial charge in [0.2, 0.25) is 0 Å². The number of carbonyl (C=O) groups is 1. The molecule has 0 unspecified atom stereocenters. The molecule has 2 heterocycles. The Hall–Kier alpha value is -4.13. The fourth-order valence-electron chi connectivity index (χ4n) is 4.40. The van der Waals surface area contributed by atoms with E-state index in [1.165, 1.54) is 0 Å². The molecule has 0 atom stereocenters. The van der Waals surface area contributed by atoms with Crippen LogP contribution in [0.4, 0.5) is 11.4 Å². The Balaban J connectivity index is 1.54. The summed E-state index contributed by atoms with van der Waals surface area (Å²) in [4.78, 5) is 18.1. The number of fused-ring (bicyclic) bond motifs is 2. The van der Waals surface area contributed by atoms with E-state index < -0.39 is 5.97 Å². The zero-order valence-electron chi connectivity index (χ0n) is 18.0. The topological polar surface area (TPSA) is 80.5 Å². The number of aromatic nitrogens is 3. The number of methoxy groups -OCH3 is 1. The lowest BCUT2D eigenvalue weighted by Gasteiger charge is -2.21. The van der Waals surface area contributed by atoms with Crippen molar-refractivity contribution < 1.29 is 14.6 Å². The number of hydrogen-bond acceptors (Lipinski definition) is 5. The molecule has 1 aliphatic rings. The second-order valence-corrected chi connectivity index (χ2v) is 7.78. The number of carboxylic acid groups (broad SMARTS) is 1. The summed E-state index contributed by atoms with van der Waals surface area (Å²) in [5, 5.41) is 15.3. The molecule has 0 saturated carbocycles. The molecule has 1 N–H and O–H groups in total. The largest absolute Gasteiger partial charge is 0.495 e. The van der Waals surface area contributed by atoms with Crippen molar-refractivity contribution in [1.29, 1.82) is 0 Å². The van der Waals surface area contributed by atoms with Crippen LogP contribution in [0.25, 0.3) is 22.6 Å². The number of carboxylic acids is 1. The first kappa shape index (κ1) is 19.8. The van der Waals surface area contributed by atoms with Crippen molar-refractivity contribution in [3.63, 3.8) is 0 Å². The highest BCUT2D eigenvalue weighted by molar-refractivity contribution is 6.01. The number of ether oxygens (including phenoxy) is 1. The molecule has 0 spiro atoms. The first-order chi connectivity index (χ1) is 15.5. The summed E-state index contributed by atoms with van der Waals surface area (Å²) < 4.78 is 7.36. The molecule has 0 fully saturated rings. The third kappa shape index (κ3) is 3.10. The van der Waals surface area contributed by atoms with Gasteiger partial charge in [0, 0.05) is 37.8 Å². The molecular weight excluding hydrogens is 404 g/mol. The lowest BCUT2D eigenvalue weighted by Crippen LogP contribution is -2.10. The van der Waals surface area contributed by atoms with E-state index in [0.717, 1.165) is 44.9 Å². The van der Waals surface area contributed by atoms with Gasteiger partial charge in [-0.1, -0.05) is 12.1 Å². The fraction of sp³-hybridized carbons (Fsp3) is 0.160. The Morgan fingerprint density at radius 1 is 1.19 bits per heavy atom. The molecule has 0 bridgehead atoms. The predicted molar refractivity (Wildman–Crippen MR) is 125 cm³/mol. The van der Waals surface area contributed by atoms with E-state index in [1.807, 2.05) is 49.1 Å². The summed E-state index contributed by atoms with van der Waals surface area (Å²) in [6, 6.07) is 15.6. The van der Waals surface area contributed by atoms with E-state index in [2.05, 4.69) is 28.1 Å². The molecule has 0 radical (unpaired) electrons. The normalized spacial score (nSPS) is 12.5. The zero-order chi connectivity index (χ0) is 22.4. The summed E-state index contributed by atoms with van der Waals surface area (Å²) in [5.41, 5.74) is 6.56. The van der Waals surface area contributed by atoms with E-state index in [-0.39, 0.29) is 0 Å². The highest BCUT2D eigenvalue weighted by atomic mass is 16.5. The van der Waals surface area contributed by atoms with Crippen molar-refractivity contribution in [2.45, 2.75) is 6.42 Å². The average Bonchev–Trinajstić information content (AvgIpc) is 3.37. The minimum Gasteiger partial charge on any atom is -0.495 e. The van der Waals surface area contributed by atoms with Crippen LogP contribution < -0.4 is 9.64 Å². The maximum absolute atomic E-state index is 11.6.